The molecule has 2 aliphatic rings. The van der Waals surface area contributed by atoms with Crippen LogP contribution in [0, 0.1) is 9.49 Å². The zero-order chi connectivity index (χ0) is 16.9. The largest absolute Gasteiger partial charge is 0.342 e. The molecule has 0 bridgehead atoms. The third-order valence-corrected chi connectivity index (χ3v) is 5.81. The Morgan fingerprint density at radius 3 is 2.42 bits per heavy atom. The average molecular weight is 441 g/mol. The first-order chi connectivity index (χ1) is 11.6. The van der Waals surface area contributed by atoms with Gasteiger partial charge >= 0.3 is 0 Å². The first kappa shape index (κ1) is 17.7. The Labute approximate surface area is 156 Å². The number of carbonyl (C=O) groups is 2. The molecule has 0 unspecified atom stereocenters. The minimum atomic E-state index is 0.0171. The van der Waals surface area contributed by atoms with Crippen LogP contribution in [0.4, 0.5) is 5.69 Å². The molecule has 5 nitrogen and oxygen atoms in total. The molecule has 3 rings (SSSR count). The molecular weight excluding hydrogens is 417 g/mol. The number of hydrogen-bond donors (Lipinski definition) is 1. The summed E-state index contributed by atoms with van der Waals surface area (Å²) < 4.78 is 1.04. The number of nitrogens with zero attached hydrogens (tertiary/aromatic N) is 2. The van der Waals surface area contributed by atoms with E-state index in [1.807, 2.05) is 29.2 Å². The summed E-state index contributed by atoms with van der Waals surface area (Å²) in [6, 6.07) is 7.78. The van der Waals surface area contributed by atoms with Gasteiger partial charge in [-0.2, -0.15) is 0 Å². The van der Waals surface area contributed by atoms with Crippen molar-refractivity contribution in [3.05, 3.63) is 27.8 Å². The first-order valence-electron chi connectivity index (χ1n) is 8.69. The van der Waals surface area contributed by atoms with Gasteiger partial charge < -0.3 is 10.2 Å². The SMILES string of the molecule is O=C(CN1CCC(C(=O)N2CCCC2)CC1)Nc1ccccc1I. The molecule has 0 aromatic heterocycles. The lowest BCUT2D eigenvalue weighted by molar-refractivity contribution is -0.136. The Balaban J connectivity index is 1.44. The summed E-state index contributed by atoms with van der Waals surface area (Å²) >= 11 is 2.22. The van der Waals surface area contributed by atoms with Crippen molar-refractivity contribution in [2.75, 3.05) is 38.0 Å². The lowest BCUT2D eigenvalue weighted by atomic mass is 9.95. The molecule has 2 fully saturated rings. The van der Waals surface area contributed by atoms with Gasteiger partial charge in [0.1, 0.15) is 0 Å². The number of hydrogen-bond acceptors (Lipinski definition) is 3. The van der Waals surface area contributed by atoms with Crippen LogP contribution in [0.15, 0.2) is 24.3 Å². The summed E-state index contributed by atoms with van der Waals surface area (Å²) in [4.78, 5) is 28.8. The maximum Gasteiger partial charge on any atom is 0.238 e. The Morgan fingerprint density at radius 2 is 1.75 bits per heavy atom. The summed E-state index contributed by atoms with van der Waals surface area (Å²) in [6.45, 7) is 3.90. The summed E-state index contributed by atoms with van der Waals surface area (Å²) in [6.07, 6.45) is 4.02. The van der Waals surface area contributed by atoms with E-state index in [2.05, 4.69) is 32.8 Å². The number of nitrogens with one attached hydrogen (secondary N) is 1. The second kappa shape index (κ2) is 8.29. The highest BCUT2D eigenvalue weighted by Gasteiger charge is 2.30. The molecule has 1 aromatic carbocycles. The molecule has 2 amide bonds. The second-order valence-corrected chi connectivity index (χ2v) is 7.77. The van der Waals surface area contributed by atoms with E-state index in [0.29, 0.717) is 12.5 Å². The van der Waals surface area contributed by atoms with E-state index in [0.717, 1.165) is 61.1 Å². The molecule has 2 heterocycles. The summed E-state index contributed by atoms with van der Waals surface area (Å²) in [7, 11) is 0. The smallest absolute Gasteiger partial charge is 0.238 e. The van der Waals surface area contributed by atoms with Crippen LogP contribution < -0.4 is 5.32 Å². The molecular formula is C18H24IN3O2. The van der Waals surface area contributed by atoms with Crippen molar-refractivity contribution >= 4 is 40.1 Å². The predicted molar refractivity (Wildman–Crippen MR) is 103 cm³/mol. The highest BCUT2D eigenvalue weighted by atomic mass is 127. The van der Waals surface area contributed by atoms with Gasteiger partial charge in [0.25, 0.3) is 0 Å². The van der Waals surface area contributed by atoms with Crippen LogP contribution in [0.25, 0.3) is 0 Å². The Hall–Kier alpha value is -1.15. The molecule has 0 saturated carbocycles. The van der Waals surface area contributed by atoms with Crippen molar-refractivity contribution in [3.8, 4) is 0 Å². The lowest BCUT2D eigenvalue weighted by Crippen LogP contribution is -2.43. The Morgan fingerprint density at radius 1 is 1.08 bits per heavy atom. The maximum absolute atomic E-state index is 12.4. The molecule has 0 radical (unpaired) electrons. The van der Waals surface area contributed by atoms with E-state index in [1.165, 1.54) is 0 Å². The quantitative estimate of drug-likeness (QED) is 0.731. The number of likely N-dealkylation sites (tertiary alicyclic amines) is 2. The number of rotatable bonds is 4. The lowest BCUT2D eigenvalue weighted by Gasteiger charge is -2.32. The topological polar surface area (TPSA) is 52.7 Å². The number of benzene rings is 1. The van der Waals surface area contributed by atoms with Crippen LogP contribution in [0.3, 0.4) is 0 Å². The minimum Gasteiger partial charge on any atom is -0.342 e. The summed E-state index contributed by atoms with van der Waals surface area (Å²) in [5.41, 5.74) is 0.863. The van der Waals surface area contributed by atoms with Crippen molar-refractivity contribution < 1.29 is 9.59 Å². The molecule has 6 heteroatoms. The Kier molecular flexibility index (Phi) is 6.10. The van der Waals surface area contributed by atoms with Gasteiger partial charge in [0.05, 0.1) is 12.2 Å². The van der Waals surface area contributed by atoms with Gasteiger partial charge in [-0.05, 0) is 73.5 Å². The fourth-order valence-electron chi connectivity index (χ4n) is 3.49. The van der Waals surface area contributed by atoms with Crippen LogP contribution in [0.1, 0.15) is 25.7 Å². The Bertz CT molecular complexity index is 594. The molecule has 130 valence electrons. The van der Waals surface area contributed by atoms with Crippen molar-refractivity contribution in [1.82, 2.24) is 9.80 Å². The first-order valence-corrected chi connectivity index (χ1v) is 9.77. The number of para-hydroxylation sites is 1. The number of piperidine rings is 1. The third kappa shape index (κ3) is 4.47. The van der Waals surface area contributed by atoms with Gasteiger partial charge in [-0.1, -0.05) is 12.1 Å². The van der Waals surface area contributed by atoms with E-state index < -0.39 is 0 Å². The molecule has 0 spiro atoms. The van der Waals surface area contributed by atoms with Gasteiger partial charge in [-0.25, -0.2) is 0 Å². The normalized spacial score (nSPS) is 19.5. The third-order valence-electron chi connectivity index (χ3n) is 4.87. The highest BCUT2D eigenvalue weighted by Crippen LogP contribution is 2.22. The van der Waals surface area contributed by atoms with E-state index in [9.17, 15) is 9.59 Å². The van der Waals surface area contributed by atoms with Gasteiger partial charge in [0.2, 0.25) is 11.8 Å². The molecule has 1 aromatic rings. The van der Waals surface area contributed by atoms with Gasteiger partial charge in [0.15, 0.2) is 0 Å². The molecule has 2 saturated heterocycles. The van der Waals surface area contributed by atoms with E-state index in [4.69, 9.17) is 0 Å². The van der Waals surface area contributed by atoms with Gasteiger partial charge in [0, 0.05) is 22.6 Å². The van der Waals surface area contributed by atoms with E-state index >= 15 is 0 Å². The minimum absolute atomic E-state index is 0.0171. The predicted octanol–water partition coefficient (Wildman–Crippen LogP) is 2.56. The average Bonchev–Trinajstić information content (AvgIpc) is 3.11. The van der Waals surface area contributed by atoms with Gasteiger partial charge in [-0.15, -0.1) is 0 Å². The zero-order valence-corrected chi connectivity index (χ0v) is 16.0. The van der Waals surface area contributed by atoms with E-state index in [1.54, 1.807) is 0 Å². The van der Waals surface area contributed by atoms with Crippen molar-refractivity contribution in [2.45, 2.75) is 25.7 Å². The van der Waals surface area contributed by atoms with Gasteiger partial charge in [-0.3, -0.25) is 14.5 Å². The molecule has 1 N–H and O–H groups in total. The van der Waals surface area contributed by atoms with Crippen molar-refractivity contribution in [3.63, 3.8) is 0 Å². The fourth-order valence-corrected chi connectivity index (χ4v) is 4.01. The number of anilines is 1. The van der Waals surface area contributed by atoms with Crippen molar-refractivity contribution in [1.29, 1.82) is 0 Å². The summed E-state index contributed by atoms with van der Waals surface area (Å²) in [5, 5.41) is 2.97. The highest BCUT2D eigenvalue weighted by molar-refractivity contribution is 14.1. The number of halogens is 1. The fraction of sp³-hybridized carbons (Fsp3) is 0.556. The van der Waals surface area contributed by atoms with Crippen LogP contribution in [0.2, 0.25) is 0 Å². The van der Waals surface area contributed by atoms with Crippen LogP contribution >= 0.6 is 22.6 Å². The monoisotopic (exact) mass is 441 g/mol. The number of amides is 2. The van der Waals surface area contributed by atoms with Crippen molar-refractivity contribution in [2.24, 2.45) is 5.92 Å². The van der Waals surface area contributed by atoms with Crippen LogP contribution in [-0.2, 0) is 9.59 Å². The molecule has 0 aliphatic carbocycles. The molecule has 24 heavy (non-hydrogen) atoms. The molecule has 0 atom stereocenters. The maximum atomic E-state index is 12.4. The summed E-state index contributed by atoms with van der Waals surface area (Å²) in [5.74, 6) is 0.497. The second-order valence-electron chi connectivity index (χ2n) is 6.61. The van der Waals surface area contributed by atoms with E-state index in [-0.39, 0.29) is 11.8 Å². The van der Waals surface area contributed by atoms with Crippen LogP contribution in [-0.4, -0.2) is 54.3 Å². The standard InChI is InChI=1S/C18H24IN3O2/c19-15-5-1-2-6-16(15)20-17(23)13-21-11-7-14(8-12-21)18(24)22-9-3-4-10-22/h1-2,5-6,14H,3-4,7-13H2,(H,20,23). The zero-order valence-electron chi connectivity index (χ0n) is 13.8. The molecule has 2 aliphatic heterocycles. The number of carbonyl (C=O) groups excluding carboxylic acids is 2. The van der Waals surface area contributed by atoms with Crippen LogP contribution in [0.5, 0.6) is 0 Å².